The number of benzene rings is 2. The number of carbonyl (C=O) groups excluding carboxylic acids is 2. The lowest BCUT2D eigenvalue weighted by Crippen LogP contribution is -2.54. The van der Waals surface area contributed by atoms with Crippen LogP contribution in [-0.2, 0) is 9.59 Å². The lowest BCUT2D eigenvalue weighted by atomic mass is 10.1. The van der Waals surface area contributed by atoms with Crippen molar-refractivity contribution in [3.63, 3.8) is 0 Å². The summed E-state index contributed by atoms with van der Waals surface area (Å²) in [5, 5.41) is 2.62. The predicted molar refractivity (Wildman–Crippen MR) is 123 cm³/mol. The minimum atomic E-state index is -0.559. The molecule has 2 amide bonds. The second kappa shape index (κ2) is 8.09. The summed E-state index contributed by atoms with van der Waals surface area (Å²) in [6, 6.07) is 15.2. The molecule has 0 unspecified atom stereocenters. The van der Waals surface area contributed by atoms with E-state index in [1.165, 1.54) is 17.0 Å². The molecule has 1 aliphatic heterocycles. The van der Waals surface area contributed by atoms with Crippen molar-refractivity contribution in [1.82, 2.24) is 9.88 Å². The van der Waals surface area contributed by atoms with E-state index in [1.807, 2.05) is 30.5 Å². The molecule has 1 N–H and O–H groups in total. The minimum Gasteiger partial charge on any atom is -0.318 e. The normalized spacial score (nSPS) is 15.5. The molecule has 1 aromatic heterocycles. The van der Waals surface area contributed by atoms with Crippen molar-refractivity contribution in [3.8, 4) is 5.69 Å². The Hall–Kier alpha value is -3.29. The molecule has 0 saturated carbocycles. The number of halogens is 2. The van der Waals surface area contributed by atoms with Gasteiger partial charge < -0.3 is 4.57 Å². The Morgan fingerprint density at radius 2 is 1.74 bits per heavy atom. The Bertz CT molecular complexity index is 1270. The summed E-state index contributed by atoms with van der Waals surface area (Å²) >= 11 is 11.2. The number of amides is 2. The third-order valence-corrected chi connectivity index (χ3v) is 5.62. The first kappa shape index (κ1) is 21.0. The fraction of sp³-hybridized carbons (Fsp3) is 0.0870. The number of hydrogen-bond acceptors (Lipinski definition) is 3. The molecule has 4 rings (SSSR count). The summed E-state index contributed by atoms with van der Waals surface area (Å²) in [4.78, 5) is 27.0. The first-order chi connectivity index (χ1) is 14.8. The smallest absolute Gasteiger partial charge is 0.270 e. The third-order valence-electron chi connectivity index (χ3n) is 5.05. The third kappa shape index (κ3) is 3.78. The summed E-state index contributed by atoms with van der Waals surface area (Å²) < 4.78 is 15.5. The van der Waals surface area contributed by atoms with Crippen molar-refractivity contribution in [3.05, 3.63) is 88.0 Å². The van der Waals surface area contributed by atoms with Crippen LogP contribution >= 0.6 is 23.8 Å². The van der Waals surface area contributed by atoms with Crippen LogP contribution in [0, 0.1) is 19.7 Å². The Labute approximate surface area is 188 Å². The molecule has 8 heteroatoms. The molecule has 0 spiro atoms. The van der Waals surface area contributed by atoms with Gasteiger partial charge in [0, 0.05) is 17.1 Å². The highest BCUT2D eigenvalue weighted by molar-refractivity contribution is 7.80. The Morgan fingerprint density at radius 1 is 1.03 bits per heavy atom. The first-order valence-corrected chi connectivity index (χ1v) is 10.2. The van der Waals surface area contributed by atoms with Gasteiger partial charge in [-0.1, -0.05) is 29.8 Å². The lowest BCUT2D eigenvalue weighted by molar-refractivity contribution is -0.122. The van der Waals surface area contributed by atoms with Crippen molar-refractivity contribution in [2.75, 3.05) is 4.90 Å². The van der Waals surface area contributed by atoms with Crippen molar-refractivity contribution < 1.29 is 14.0 Å². The quantitative estimate of drug-likeness (QED) is 0.355. The molecule has 5 nitrogen and oxygen atoms in total. The average Bonchev–Trinajstić information content (AvgIpc) is 3.01. The number of hydrogen-bond donors (Lipinski definition) is 1. The molecule has 1 saturated heterocycles. The number of para-hydroxylation sites is 1. The molecule has 3 aromatic rings. The van der Waals surface area contributed by atoms with E-state index in [1.54, 1.807) is 36.4 Å². The molecule has 1 fully saturated rings. The van der Waals surface area contributed by atoms with Gasteiger partial charge in [0.2, 0.25) is 0 Å². The van der Waals surface area contributed by atoms with E-state index in [9.17, 15) is 14.0 Å². The number of aromatic nitrogens is 1. The lowest BCUT2D eigenvalue weighted by Gasteiger charge is -2.28. The van der Waals surface area contributed by atoms with Crippen LogP contribution < -0.4 is 10.2 Å². The molecule has 0 atom stereocenters. The van der Waals surface area contributed by atoms with Gasteiger partial charge in [0.1, 0.15) is 11.4 Å². The van der Waals surface area contributed by atoms with Crippen LogP contribution in [-0.4, -0.2) is 21.5 Å². The fourth-order valence-electron chi connectivity index (χ4n) is 3.58. The fourth-order valence-corrected chi connectivity index (χ4v) is 4.04. The standard InChI is InChI=1S/C23H17ClFN3O2S/c1-13-10-15(14(2)27(13)17-8-9-20(25)19(24)12-17)11-18-21(29)26-23(31)28(22(18)30)16-6-4-3-5-7-16/h3-12H,1-2H3,(H,26,29,31)/b18-11+. The van der Waals surface area contributed by atoms with E-state index in [0.717, 1.165) is 11.4 Å². The molecule has 156 valence electrons. The molecule has 0 bridgehead atoms. The van der Waals surface area contributed by atoms with Crippen LogP contribution in [0.5, 0.6) is 0 Å². The largest absolute Gasteiger partial charge is 0.318 e. The maximum Gasteiger partial charge on any atom is 0.270 e. The number of aryl methyl sites for hydroxylation is 1. The van der Waals surface area contributed by atoms with Gasteiger partial charge in [0.15, 0.2) is 5.11 Å². The number of rotatable bonds is 3. The van der Waals surface area contributed by atoms with Crippen LogP contribution in [0.1, 0.15) is 17.0 Å². The van der Waals surface area contributed by atoms with E-state index >= 15 is 0 Å². The van der Waals surface area contributed by atoms with E-state index < -0.39 is 17.6 Å². The SMILES string of the molecule is Cc1cc(/C=C2\C(=O)NC(=S)N(c3ccccc3)C2=O)c(C)n1-c1ccc(F)c(Cl)c1. The molecule has 1 aliphatic rings. The number of anilines is 1. The predicted octanol–water partition coefficient (Wildman–Crippen LogP) is 4.72. The molecular weight excluding hydrogens is 437 g/mol. The summed E-state index contributed by atoms with van der Waals surface area (Å²) in [6.45, 7) is 3.72. The Morgan fingerprint density at radius 3 is 2.42 bits per heavy atom. The van der Waals surface area contributed by atoms with E-state index in [0.29, 0.717) is 16.9 Å². The number of thiocarbonyl (C=S) groups is 1. The second-order valence-electron chi connectivity index (χ2n) is 7.05. The molecule has 2 heterocycles. The highest BCUT2D eigenvalue weighted by Crippen LogP contribution is 2.27. The number of nitrogens with zero attached hydrogens (tertiary/aromatic N) is 2. The van der Waals surface area contributed by atoms with Gasteiger partial charge in [-0.25, -0.2) is 4.39 Å². The van der Waals surface area contributed by atoms with E-state index in [4.69, 9.17) is 23.8 Å². The van der Waals surface area contributed by atoms with Crippen LogP contribution in [0.25, 0.3) is 11.8 Å². The van der Waals surface area contributed by atoms with Crippen LogP contribution in [0.3, 0.4) is 0 Å². The van der Waals surface area contributed by atoms with Crippen molar-refractivity contribution >= 4 is 52.5 Å². The number of carbonyl (C=O) groups is 2. The monoisotopic (exact) mass is 453 g/mol. The second-order valence-corrected chi connectivity index (χ2v) is 7.85. The Kier molecular flexibility index (Phi) is 5.47. The van der Waals surface area contributed by atoms with Gasteiger partial charge in [0.05, 0.1) is 10.7 Å². The summed E-state index contributed by atoms with van der Waals surface area (Å²) in [6.07, 6.45) is 1.54. The van der Waals surface area contributed by atoms with Gasteiger partial charge in [-0.2, -0.15) is 0 Å². The van der Waals surface area contributed by atoms with E-state index in [-0.39, 0.29) is 15.7 Å². The minimum absolute atomic E-state index is 0.0127. The van der Waals surface area contributed by atoms with Gasteiger partial charge in [-0.05, 0) is 74.1 Å². The van der Waals surface area contributed by atoms with Gasteiger partial charge in [-0.3, -0.25) is 19.8 Å². The molecule has 31 heavy (non-hydrogen) atoms. The highest BCUT2D eigenvalue weighted by atomic mass is 35.5. The highest BCUT2D eigenvalue weighted by Gasteiger charge is 2.34. The number of nitrogens with one attached hydrogen (secondary N) is 1. The first-order valence-electron chi connectivity index (χ1n) is 9.39. The maximum atomic E-state index is 13.6. The van der Waals surface area contributed by atoms with Gasteiger partial charge in [0.25, 0.3) is 11.8 Å². The molecule has 0 aliphatic carbocycles. The van der Waals surface area contributed by atoms with Crippen LogP contribution in [0.15, 0.2) is 60.2 Å². The average molecular weight is 454 g/mol. The van der Waals surface area contributed by atoms with E-state index in [2.05, 4.69) is 5.32 Å². The summed E-state index contributed by atoms with van der Waals surface area (Å²) in [5.74, 6) is -1.57. The summed E-state index contributed by atoms with van der Waals surface area (Å²) in [7, 11) is 0. The zero-order chi connectivity index (χ0) is 22.3. The van der Waals surface area contributed by atoms with Crippen molar-refractivity contribution in [2.24, 2.45) is 0 Å². The van der Waals surface area contributed by atoms with Gasteiger partial charge >= 0.3 is 0 Å². The molecule has 2 aromatic carbocycles. The van der Waals surface area contributed by atoms with Crippen LogP contribution in [0.4, 0.5) is 10.1 Å². The zero-order valence-electron chi connectivity index (χ0n) is 16.6. The zero-order valence-corrected chi connectivity index (χ0v) is 18.2. The van der Waals surface area contributed by atoms with Gasteiger partial charge in [-0.15, -0.1) is 0 Å². The maximum absolute atomic E-state index is 13.6. The molecule has 0 radical (unpaired) electrons. The topological polar surface area (TPSA) is 54.3 Å². The van der Waals surface area contributed by atoms with Crippen LogP contribution in [0.2, 0.25) is 5.02 Å². The Balaban J connectivity index is 1.77. The molecular formula is C23H17ClFN3O2S. The van der Waals surface area contributed by atoms with Crippen molar-refractivity contribution in [1.29, 1.82) is 0 Å². The summed E-state index contributed by atoms with van der Waals surface area (Å²) in [5.41, 5.74) is 3.50. The van der Waals surface area contributed by atoms with Crippen molar-refractivity contribution in [2.45, 2.75) is 13.8 Å².